The van der Waals surface area contributed by atoms with Gasteiger partial charge in [0.05, 0.1) is 0 Å². The number of hydrogen-bond acceptors (Lipinski definition) is 2. The molecule has 1 saturated heterocycles. The second-order valence-corrected chi connectivity index (χ2v) is 3.97. The van der Waals surface area contributed by atoms with Crippen LogP contribution in [0.15, 0.2) is 0 Å². The number of nitrogens with one attached hydrogen (secondary N) is 1. The van der Waals surface area contributed by atoms with Crippen molar-refractivity contribution in [2.75, 3.05) is 19.0 Å². The van der Waals surface area contributed by atoms with Gasteiger partial charge in [-0.1, -0.05) is 6.92 Å². The lowest BCUT2D eigenvalue weighted by Crippen LogP contribution is -2.56. The summed E-state index contributed by atoms with van der Waals surface area (Å²) >= 11 is 5.53. The van der Waals surface area contributed by atoms with Gasteiger partial charge in [-0.3, -0.25) is 9.59 Å². The van der Waals surface area contributed by atoms with E-state index in [9.17, 15) is 9.59 Å². The lowest BCUT2D eigenvalue weighted by Gasteiger charge is -2.34. The van der Waals surface area contributed by atoms with Gasteiger partial charge in [-0.25, -0.2) is 0 Å². The third kappa shape index (κ3) is 3.09. The number of hydrogen-bond donors (Lipinski definition) is 1. The Bertz CT molecular complexity index is 246. The quantitative estimate of drug-likeness (QED) is 0.727. The van der Waals surface area contributed by atoms with Crippen molar-refractivity contribution < 1.29 is 9.59 Å². The summed E-state index contributed by atoms with van der Waals surface area (Å²) in [5.74, 6) is 0.489. The Morgan fingerprint density at radius 2 is 2.40 bits per heavy atom. The first-order valence-corrected chi connectivity index (χ1v) is 5.87. The van der Waals surface area contributed by atoms with Crippen LogP contribution in [0.4, 0.5) is 0 Å². The lowest BCUT2D eigenvalue weighted by atomic mass is 10.1. The lowest BCUT2D eigenvalue weighted by molar-refractivity contribution is -0.143. The maximum absolute atomic E-state index is 11.8. The number of carbonyl (C=O) groups excluding carboxylic acids is 2. The van der Waals surface area contributed by atoms with Crippen LogP contribution in [0.5, 0.6) is 0 Å². The van der Waals surface area contributed by atoms with Gasteiger partial charge >= 0.3 is 0 Å². The van der Waals surface area contributed by atoms with Gasteiger partial charge in [0.15, 0.2) is 0 Å². The molecule has 86 valence electrons. The van der Waals surface area contributed by atoms with Gasteiger partial charge in [0, 0.05) is 25.4 Å². The van der Waals surface area contributed by atoms with Crippen LogP contribution in [0.25, 0.3) is 0 Å². The molecule has 5 heteroatoms. The summed E-state index contributed by atoms with van der Waals surface area (Å²) < 4.78 is 0. The first kappa shape index (κ1) is 12.3. The fourth-order valence-corrected chi connectivity index (χ4v) is 1.91. The molecule has 1 heterocycles. The molecule has 0 aliphatic carbocycles. The molecule has 0 spiro atoms. The van der Waals surface area contributed by atoms with Crippen molar-refractivity contribution in [1.29, 1.82) is 0 Å². The Hall–Kier alpha value is -0.770. The second kappa shape index (κ2) is 5.95. The average molecular weight is 233 g/mol. The fraction of sp³-hybridized carbons (Fsp3) is 0.800. The molecule has 0 aromatic rings. The minimum atomic E-state index is -0.290. The van der Waals surface area contributed by atoms with E-state index in [0.29, 0.717) is 38.2 Å². The van der Waals surface area contributed by atoms with E-state index in [-0.39, 0.29) is 17.9 Å². The molecule has 0 radical (unpaired) electrons. The number of alkyl halides is 1. The molecule has 0 bridgehead atoms. The Morgan fingerprint density at radius 3 is 3.00 bits per heavy atom. The molecule has 1 rings (SSSR count). The van der Waals surface area contributed by atoms with Crippen LogP contribution in [0.2, 0.25) is 0 Å². The number of piperazine rings is 1. The monoisotopic (exact) mass is 232 g/mol. The molecule has 0 aromatic heterocycles. The van der Waals surface area contributed by atoms with Gasteiger partial charge in [-0.15, -0.1) is 11.6 Å². The van der Waals surface area contributed by atoms with Crippen molar-refractivity contribution >= 4 is 23.4 Å². The van der Waals surface area contributed by atoms with E-state index in [2.05, 4.69) is 5.32 Å². The molecule has 1 N–H and O–H groups in total. The van der Waals surface area contributed by atoms with Gasteiger partial charge in [0.1, 0.15) is 6.04 Å². The summed E-state index contributed by atoms with van der Waals surface area (Å²) in [4.78, 5) is 24.9. The van der Waals surface area contributed by atoms with E-state index < -0.39 is 0 Å². The van der Waals surface area contributed by atoms with E-state index in [1.165, 1.54) is 0 Å². The Labute approximate surface area is 95.0 Å². The second-order valence-electron chi connectivity index (χ2n) is 3.59. The molecule has 2 amide bonds. The Morgan fingerprint density at radius 1 is 1.67 bits per heavy atom. The minimum Gasteiger partial charge on any atom is -0.353 e. The van der Waals surface area contributed by atoms with Crippen molar-refractivity contribution in [2.45, 2.75) is 32.2 Å². The van der Waals surface area contributed by atoms with Gasteiger partial charge in [-0.05, 0) is 12.8 Å². The van der Waals surface area contributed by atoms with Gasteiger partial charge in [-0.2, -0.15) is 0 Å². The predicted octanol–water partition coefficient (Wildman–Crippen LogP) is 0.742. The van der Waals surface area contributed by atoms with Crippen LogP contribution in [-0.2, 0) is 9.59 Å². The number of halogens is 1. The van der Waals surface area contributed by atoms with Crippen molar-refractivity contribution in [3.8, 4) is 0 Å². The number of rotatable bonds is 4. The highest BCUT2D eigenvalue weighted by molar-refractivity contribution is 6.17. The third-order valence-electron chi connectivity index (χ3n) is 2.56. The molecule has 4 nitrogen and oxygen atoms in total. The van der Waals surface area contributed by atoms with E-state index in [1.807, 2.05) is 6.92 Å². The smallest absolute Gasteiger partial charge is 0.242 e. The summed E-state index contributed by atoms with van der Waals surface area (Å²) in [7, 11) is 0. The number of nitrogens with zero attached hydrogens (tertiary/aromatic N) is 1. The topological polar surface area (TPSA) is 49.4 Å². The largest absolute Gasteiger partial charge is 0.353 e. The fourth-order valence-electron chi connectivity index (χ4n) is 1.78. The summed E-state index contributed by atoms with van der Waals surface area (Å²) in [5, 5.41) is 2.77. The van der Waals surface area contributed by atoms with E-state index in [0.717, 1.165) is 0 Å². The predicted molar refractivity (Wildman–Crippen MR) is 58.8 cm³/mol. The SMILES string of the molecule is CCC1C(=O)NCCN1C(=O)CCCCl. The standard InChI is InChI=1S/C10H17ClN2O2/c1-2-8-10(15)12-6-7-13(8)9(14)4-3-5-11/h8H,2-7H2,1H3,(H,12,15). The Balaban J connectivity index is 2.57. The molecule has 1 aliphatic rings. The first-order valence-electron chi connectivity index (χ1n) is 5.33. The van der Waals surface area contributed by atoms with Crippen LogP contribution in [0.1, 0.15) is 26.2 Å². The third-order valence-corrected chi connectivity index (χ3v) is 2.83. The van der Waals surface area contributed by atoms with E-state index in [1.54, 1.807) is 4.90 Å². The zero-order chi connectivity index (χ0) is 11.3. The molecule has 0 aromatic carbocycles. The van der Waals surface area contributed by atoms with Crippen LogP contribution >= 0.6 is 11.6 Å². The molecular formula is C10H17ClN2O2. The highest BCUT2D eigenvalue weighted by Gasteiger charge is 2.30. The normalized spacial score (nSPS) is 21.3. The van der Waals surface area contributed by atoms with Crippen molar-refractivity contribution in [1.82, 2.24) is 10.2 Å². The van der Waals surface area contributed by atoms with Gasteiger partial charge < -0.3 is 10.2 Å². The first-order chi connectivity index (χ1) is 7.20. The zero-order valence-corrected chi connectivity index (χ0v) is 9.72. The minimum absolute atomic E-state index is 0.0389. The average Bonchev–Trinajstić information content (AvgIpc) is 2.25. The van der Waals surface area contributed by atoms with Crippen molar-refractivity contribution in [3.05, 3.63) is 0 Å². The molecule has 1 aliphatic heterocycles. The van der Waals surface area contributed by atoms with Crippen LogP contribution < -0.4 is 5.32 Å². The van der Waals surface area contributed by atoms with Gasteiger partial charge in [0.2, 0.25) is 11.8 Å². The molecule has 15 heavy (non-hydrogen) atoms. The summed E-state index contributed by atoms with van der Waals surface area (Å²) in [6.45, 7) is 3.09. The van der Waals surface area contributed by atoms with Crippen molar-refractivity contribution in [3.63, 3.8) is 0 Å². The van der Waals surface area contributed by atoms with Crippen LogP contribution in [0, 0.1) is 0 Å². The number of carbonyl (C=O) groups is 2. The maximum Gasteiger partial charge on any atom is 0.242 e. The van der Waals surface area contributed by atoms with Gasteiger partial charge in [0.25, 0.3) is 0 Å². The molecule has 1 fully saturated rings. The summed E-state index contributed by atoms with van der Waals surface area (Å²) in [6.07, 6.45) is 1.78. The van der Waals surface area contributed by atoms with E-state index >= 15 is 0 Å². The number of amides is 2. The summed E-state index contributed by atoms with van der Waals surface area (Å²) in [5.41, 5.74) is 0. The maximum atomic E-state index is 11.8. The van der Waals surface area contributed by atoms with Crippen molar-refractivity contribution in [2.24, 2.45) is 0 Å². The van der Waals surface area contributed by atoms with Crippen LogP contribution in [-0.4, -0.2) is 41.7 Å². The molecule has 1 unspecified atom stereocenters. The Kier molecular flexibility index (Phi) is 4.88. The highest BCUT2D eigenvalue weighted by atomic mass is 35.5. The summed E-state index contributed by atoms with van der Waals surface area (Å²) in [6, 6.07) is -0.290. The molecule has 1 atom stereocenters. The van der Waals surface area contributed by atoms with Crippen LogP contribution in [0.3, 0.4) is 0 Å². The highest BCUT2D eigenvalue weighted by Crippen LogP contribution is 2.11. The molecular weight excluding hydrogens is 216 g/mol. The molecule has 0 saturated carbocycles. The van der Waals surface area contributed by atoms with E-state index in [4.69, 9.17) is 11.6 Å². The zero-order valence-electron chi connectivity index (χ0n) is 8.96.